The summed E-state index contributed by atoms with van der Waals surface area (Å²) in [4.78, 5) is 22.3. The maximum atomic E-state index is 11.8. The van der Waals surface area contributed by atoms with Crippen molar-refractivity contribution in [3.8, 4) is 0 Å². The molecule has 0 aromatic carbocycles. The minimum Gasteiger partial charge on any atom is -0.480 e. The third-order valence-electron chi connectivity index (χ3n) is 3.34. The van der Waals surface area contributed by atoms with Crippen LogP contribution in [0.2, 0.25) is 0 Å². The molecule has 0 unspecified atom stereocenters. The van der Waals surface area contributed by atoms with Crippen LogP contribution in [-0.2, 0) is 11.3 Å². The van der Waals surface area contributed by atoms with Gasteiger partial charge in [0.15, 0.2) is 5.69 Å². The first-order valence-electron chi connectivity index (χ1n) is 6.12. The molecule has 19 heavy (non-hydrogen) atoms. The highest BCUT2D eigenvalue weighted by Crippen LogP contribution is 2.24. The predicted molar refractivity (Wildman–Crippen MR) is 68.6 cm³/mol. The Balaban J connectivity index is 2.59. The van der Waals surface area contributed by atoms with E-state index in [4.69, 9.17) is 5.11 Å². The van der Waals surface area contributed by atoms with Gasteiger partial charge in [0.1, 0.15) is 6.54 Å². The zero-order chi connectivity index (χ0) is 14.6. The Morgan fingerprint density at radius 2 is 2.11 bits per heavy atom. The molecule has 0 aliphatic rings. The summed E-state index contributed by atoms with van der Waals surface area (Å²) in [5.41, 5.74) is 0.105. The Morgan fingerprint density at radius 1 is 1.47 bits per heavy atom. The van der Waals surface area contributed by atoms with E-state index in [1.54, 1.807) is 0 Å². The number of hydrogen-bond donors (Lipinski definition) is 2. The van der Waals surface area contributed by atoms with Crippen molar-refractivity contribution in [3.05, 3.63) is 11.9 Å². The lowest BCUT2D eigenvalue weighted by atomic mass is 9.81. The average molecular weight is 268 g/mol. The normalized spacial score (nSPS) is 11.6. The number of nitrogens with zero attached hydrogens (tertiary/aromatic N) is 3. The van der Waals surface area contributed by atoms with Crippen molar-refractivity contribution in [2.45, 2.75) is 34.2 Å². The van der Waals surface area contributed by atoms with Crippen molar-refractivity contribution >= 4 is 11.9 Å². The largest absolute Gasteiger partial charge is 0.480 e. The molecule has 0 spiro atoms. The molecule has 0 bridgehead atoms. The summed E-state index contributed by atoms with van der Waals surface area (Å²) in [5, 5.41) is 18.6. The van der Waals surface area contributed by atoms with Gasteiger partial charge in [0, 0.05) is 6.54 Å². The maximum Gasteiger partial charge on any atom is 0.325 e. The van der Waals surface area contributed by atoms with Gasteiger partial charge in [-0.1, -0.05) is 32.9 Å². The summed E-state index contributed by atoms with van der Waals surface area (Å²) >= 11 is 0. The molecule has 0 radical (unpaired) electrons. The minimum atomic E-state index is -1.03. The summed E-state index contributed by atoms with van der Waals surface area (Å²) in [6.07, 6.45) is 1.33. The van der Waals surface area contributed by atoms with E-state index in [-0.39, 0.29) is 23.6 Å². The van der Waals surface area contributed by atoms with Crippen LogP contribution < -0.4 is 5.32 Å². The number of carboxylic acids is 1. The van der Waals surface area contributed by atoms with E-state index in [1.807, 2.05) is 0 Å². The fraction of sp³-hybridized carbons (Fsp3) is 0.667. The molecule has 1 aromatic heterocycles. The topological polar surface area (TPSA) is 97.1 Å². The molecular weight excluding hydrogens is 248 g/mol. The maximum absolute atomic E-state index is 11.8. The van der Waals surface area contributed by atoms with Crippen molar-refractivity contribution in [2.75, 3.05) is 6.54 Å². The Kier molecular flexibility index (Phi) is 4.63. The van der Waals surface area contributed by atoms with E-state index in [0.717, 1.165) is 4.68 Å². The Labute approximate surface area is 112 Å². The number of carboxylic acid groups (broad SMARTS) is 1. The first-order valence-corrected chi connectivity index (χ1v) is 6.12. The standard InChI is InChI=1S/C12H20N4O3/c1-8(2)12(3,4)7-13-11(19)9-5-16(15-14-9)6-10(17)18/h5,8H,6-7H2,1-4H3,(H,13,19)(H,17,18). The molecule has 0 fully saturated rings. The third kappa shape index (κ3) is 4.35. The summed E-state index contributed by atoms with van der Waals surface area (Å²) in [5.74, 6) is -0.946. The number of hydrogen-bond acceptors (Lipinski definition) is 4. The summed E-state index contributed by atoms with van der Waals surface area (Å²) < 4.78 is 1.12. The molecule has 1 amide bonds. The molecular formula is C12H20N4O3. The number of carbonyl (C=O) groups is 2. The highest BCUT2D eigenvalue weighted by atomic mass is 16.4. The Bertz CT molecular complexity index is 465. The number of aromatic nitrogens is 3. The quantitative estimate of drug-likeness (QED) is 0.794. The van der Waals surface area contributed by atoms with Gasteiger partial charge in [-0.15, -0.1) is 5.10 Å². The van der Waals surface area contributed by atoms with Crippen LogP contribution in [0.4, 0.5) is 0 Å². The van der Waals surface area contributed by atoms with Crippen molar-refractivity contribution in [2.24, 2.45) is 11.3 Å². The van der Waals surface area contributed by atoms with Crippen LogP contribution in [0.15, 0.2) is 6.20 Å². The van der Waals surface area contributed by atoms with Crippen molar-refractivity contribution < 1.29 is 14.7 Å². The van der Waals surface area contributed by atoms with E-state index < -0.39 is 5.97 Å². The van der Waals surface area contributed by atoms with Crippen molar-refractivity contribution in [1.82, 2.24) is 20.3 Å². The van der Waals surface area contributed by atoms with E-state index >= 15 is 0 Å². The van der Waals surface area contributed by atoms with Gasteiger partial charge in [-0.2, -0.15) is 0 Å². The molecule has 0 saturated carbocycles. The van der Waals surface area contributed by atoms with Gasteiger partial charge < -0.3 is 10.4 Å². The molecule has 1 rings (SSSR count). The van der Waals surface area contributed by atoms with Crippen LogP contribution >= 0.6 is 0 Å². The van der Waals surface area contributed by atoms with Gasteiger partial charge in [0.2, 0.25) is 0 Å². The lowest BCUT2D eigenvalue weighted by Crippen LogP contribution is -2.37. The molecule has 0 aliphatic heterocycles. The third-order valence-corrected chi connectivity index (χ3v) is 3.34. The van der Waals surface area contributed by atoms with E-state index in [9.17, 15) is 9.59 Å². The average Bonchev–Trinajstić information content (AvgIpc) is 2.73. The molecule has 0 aliphatic carbocycles. The summed E-state index contributed by atoms with van der Waals surface area (Å²) in [6, 6.07) is 0. The van der Waals surface area contributed by atoms with Gasteiger partial charge in [-0.05, 0) is 11.3 Å². The second-order valence-electron chi connectivity index (χ2n) is 5.52. The van der Waals surface area contributed by atoms with E-state index in [0.29, 0.717) is 12.5 Å². The molecule has 7 heteroatoms. The van der Waals surface area contributed by atoms with Crippen LogP contribution in [0.25, 0.3) is 0 Å². The van der Waals surface area contributed by atoms with Crippen LogP contribution in [0.1, 0.15) is 38.2 Å². The summed E-state index contributed by atoms with van der Waals surface area (Å²) in [6.45, 7) is 8.54. The van der Waals surface area contributed by atoms with E-state index in [2.05, 4.69) is 43.3 Å². The molecule has 0 atom stereocenters. The predicted octanol–water partition coefficient (Wildman–Crippen LogP) is 0.775. The minimum absolute atomic E-state index is 0.0211. The SMILES string of the molecule is CC(C)C(C)(C)CNC(=O)c1cn(CC(=O)O)nn1. The molecule has 0 saturated heterocycles. The van der Waals surface area contributed by atoms with Gasteiger partial charge in [0.05, 0.1) is 6.20 Å². The van der Waals surface area contributed by atoms with Gasteiger partial charge in [-0.25, -0.2) is 4.68 Å². The number of nitrogens with one attached hydrogen (secondary N) is 1. The zero-order valence-corrected chi connectivity index (χ0v) is 11.7. The lowest BCUT2D eigenvalue weighted by molar-refractivity contribution is -0.137. The fourth-order valence-corrected chi connectivity index (χ4v) is 1.22. The first-order chi connectivity index (χ1) is 8.72. The molecule has 106 valence electrons. The number of aliphatic carboxylic acids is 1. The van der Waals surface area contributed by atoms with Gasteiger partial charge in [0.25, 0.3) is 5.91 Å². The monoisotopic (exact) mass is 268 g/mol. The lowest BCUT2D eigenvalue weighted by Gasteiger charge is -2.29. The Morgan fingerprint density at radius 3 is 2.63 bits per heavy atom. The second-order valence-corrected chi connectivity index (χ2v) is 5.52. The van der Waals surface area contributed by atoms with Gasteiger partial charge >= 0.3 is 5.97 Å². The van der Waals surface area contributed by atoms with Crippen LogP contribution in [-0.4, -0.2) is 38.5 Å². The molecule has 7 nitrogen and oxygen atoms in total. The highest BCUT2D eigenvalue weighted by Gasteiger charge is 2.23. The Hall–Kier alpha value is -1.92. The molecule has 1 heterocycles. The fourth-order valence-electron chi connectivity index (χ4n) is 1.22. The van der Waals surface area contributed by atoms with Crippen molar-refractivity contribution in [1.29, 1.82) is 0 Å². The van der Waals surface area contributed by atoms with Crippen LogP contribution in [0, 0.1) is 11.3 Å². The number of carbonyl (C=O) groups excluding carboxylic acids is 1. The second kappa shape index (κ2) is 5.81. The van der Waals surface area contributed by atoms with Crippen LogP contribution in [0.3, 0.4) is 0 Å². The smallest absolute Gasteiger partial charge is 0.325 e. The molecule has 2 N–H and O–H groups in total. The van der Waals surface area contributed by atoms with Crippen molar-refractivity contribution in [3.63, 3.8) is 0 Å². The molecule has 1 aromatic rings. The first kappa shape index (κ1) is 15.1. The van der Waals surface area contributed by atoms with Crippen LogP contribution in [0.5, 0.6) is 0 Å². The van der Waals surface area contributed by atoms with E-state index in [1.165, 1.54) is 6.20 Å². The summed E-state index contributed by atoms with van der Waals surface area (Å²) in [7, 11) is 0. The van der Waals surface area contributed by atoms with Gasteiger partial charge in [-0.3, -0.25) is 9.59 Å². The number of amides is 1. The highest BCUT2D eigenvalue weighted by molar-refractivity contribution is 5.91. The zero-order valence-electron chi connectivity index (χ0n) is 11.7. The number of rotatable bonds is 6.